The van der Waals surface area contributed by atoms with Gasteiger partial charge >= 0.3 is 0 Å². The fraction of sp³-hybridized carbons (Fsp3) is 0.909. The van der Waals surface area contributed by atoms with Gasteiger partial charge < -0.3 is 9.64 Å². The minimum Gasteiger partial charge on any atom is -0.378 e. The topological polar surface area (TPSA) is 29.5 Å². The summed E-state index contributed by atoms with van der Waals surface area (Å²) in [6.45, 7) is 5.71. The fourth-order valence-electron chi connectivity index (χ4n) is 3.17. The monoisotopic (exact) mass is 197 g/mol. The highest BCUT2D eigenvalue weighted by molar-refractivity contribution is 5.73. The zero-order valence-corrected chi connectivity index (χ0v) is 9.30. The molecule has 0 N–H and O–H groups in total. The lowest BCUT2D eigenvalue weighted by molar-refractivity contribution is -0.141. The van der Waals surface area contributed by atoms with Gasteiger partial charge in [0.2, 0.25) is 5.91 Å². The molecule has 0 aromatic heterocycles. The van der Waals surface area contributed by atoms with Crippen LogP contribution in [0.1, 0.15) is 33.1 Å². The van der Waals surface area contributed by atoms with E-state index in [4.69, 9.17) is 4.74 Å². The number of carbonyl (C=O) groups is 1. The van der Waals surface area contributed by atoms with Gasteiger partial charge in [-0.1, -0.05) is 0 Å². The van der Waals surface area contributed by atoms with E-state index in [2.05, 4.69) is 6.92 Å². The Kier molecular flexibility index (Phi) is 2.11. The summed E-state index contributed by atoms with van der Waals surface area (Å²) in [5, 5.41) is 0. The first-order valence-corrected chi connectivity index (χ1v) is 5.29. The molecular weight excluding hydrogens is 178 g/mol. The number of ether oxygens (including phenoxy) is 1. The number of methoxy groups -OCH3 is 1. The highest BCUT2D eigenvalue weighted by atomic mass is 16.5. The highest BCUT2D eigenvalue weighted by Crippen LogP contribution is 2.55. The molecule has 0 aromatic rings. The quantitative estimate of drug-likeness (QED) is 0.636. The van der Waals surface area contributed by atoms with Crippen LogP contribution < -0.4 is 0 Å². The van der Waals surface area contributed by atoms with Crippen molar-refractivity contribution in [2.45, 2.75) is 38.7 Å². The zero-order valence-electron chi connectivity index (χ0n) is 9.30. The van der Waals surface area contributed by atoms with Crippen LogP contribution in [0.5, 0.6) is 0 Å². The van der Waals surface area contributed by atoms with Crippen LogP contribution in [-0.4, -0.2) is 36.6 Å². The van der Waals surface area contributed by atoms with Gasteiger partial charge in [-0.15, -0.1) is 0 Å². The summed E-state index contributed by atoms with van der Waals surface area (Å²) in [6, 6.07) is 0. The van der Waals surface area contributed by atoms with Gasteiger partial charge in [0.05, 0.1) is 5.60 Å². The van der Waals surface area contributed by atoms with Gasteiger partial charge in [-0.25, -0.2) is 0 Å². The average Bonchev–Trinajstić information content (AvgIpc) is 2.48. The summed E-state index contributed by atoms with van der Waals surface area (Å²) in [4.78, 5) is 13.2. The fourth-order valence-corrected chi connectivity index (χ4v) is 3.17. The number of amides is 1. The van der Waals surface area contributed by atoms with Crippen molar-refractivity contribution in [1.82, 2.24) is 4.90 Å². The molecule has 1 saturated heterocycles. The second-order valence-electron chi connectivity index (χ2n) is 5.20. The van der Waals surface area contributed by atoms with E-state index in [0.29, 0.717) is 5.41 Å². The highest BCUT2D eigenvalue weighted by Gasteiger charge is 2.55. The Morgan fingerprint density at radius 3 is 2.50 bits per heavy atom. The maximum absolute atomic E-state index is 11.2. The minimum atomic E-state index is 0.0762. The van der Waals surface area contributed by atoms with Crippen molar-refractivity contribution in [1.29, 1.82) is 0 Å². The summed E-state index contributed by atoms with van der Waals surface area (Å²) in [5.74, 6) is 0.216. The molecular formula is C11H19NO2. The molecule has 1 aliphatic carbocycles. The lowest BCUT2D eigenvalue weighted by atomic mass is 9.59. The van der Waals surface area contributed by atoms with Gasteiger partial charge in [-0.2, -0.15) is 0 Å². The van der Waals surface area contributed by atoms with Crippen LogP contribution >= 0.6 is 0 Å². The van der Waals surface area contributed by atoms with Crippen LogP contribution in [0.2, 0.25) is 0 Å². The van der Waals surface area contributed by atoms with Crippen molar-refractivity contribution < 1.29 is 9.53 Å². The predicted molar refractivity (Wildman–Crippen MR) is 54.0 cm³/mol. The van der Waals surface area contributed by atoms with E-state index in [-0.39, 0.29) is 11.5 Å². The number of nitrogens with zero attached hydrogens (tertiary/aromatic N) is 1. The second kappa shape index (κ2) is 2.96. The SMILES string of the molecule is COC1(C)CC2(CCN(C(C)=O)C2)C1. The largest absolute Gasteiger partial charge is 0.378 e. The van der Waals surface area contributed by atoms with Crippen molar-refractivity contribution >= 4 is 5.91 Å². The first kappa shape index (κ1) is 9.97. The standard InChI is InChI=1S/C11H19NO2/c1-9(13)12-5-4-11(8-12)6-10(2,7-11)14-3/h4-8H2,1-3H3. The van der Waals surface area contributed by atoms with Crippen molar-refractivity contribution in [3.63, 3.8) is 0 Å². The Bertz CT molecular complexity index is 256. The van der Waals surface area contributed by atoms with Gasteiger partial charge in [-0.3, -0.25) is 4.79 Å². The molecule has 3 heteroatoms. The van der Waals surface area contributed by atoms with E-state index in [1.807, 2.05) is 4.90 Å². The lowest BCUT2D eigenvalue weighted by Gasteiger charge is -2.52. The molecule has 2 aliphatic rings. The molecule has 1 saturated carbocycles. The molecule has 0 bridgehead atoms. The molecule has 3 nitrogen and oxygen atoms in total. The van der Waals surface area contributed by atoms with E-state index in [1.54, 1.807) is 14.0 Å². The Morgan fingerprint density at radius 1 is 1.43 bits per heavy atom. The number of hydrogen-bond acceptors (Lipinski definition) is 2. The van der Waals surface area contributed by atoms with Gasteiger partial charge in [0, 0.05) is 27.1 Å². The summed E-state index contributed by atoms with van der Waals surface area (Å²) < 4.78 is 5.45. The van der Waals surface area contributed by atoms with Crippen molar-refractivity contribution in [3.8, 4) is 0 Å². The number of hydrogen-bond donors (Lipinski definition) is 0. The van der Waals surface area contributed by atoms with Crippen LogP contribution in [0.25, 0.3) is 0 Å². The van der Waals surface area contributed by atoms with Crippen molar-refractivity contribution in [2.24, 2.45) is 5.41 Å². The van der Waals surface area contributed by atoms with Crippen molar-refractivity contribution in [2.75, 3.05) is 20.2 Å². The molecule has 2 fully saturated rings. The van der Waals surface area contributed by atoms with Crippen LogP contribution in [0.3, 0.4) is 0 Å². The number of rotatable bonds is 1. The van der Waals surface area contributed by atoms with E-state index < -0.39 is 0 Å². The Hall–Kier alpha value is -0.570. The Labute approximate surface area is 85.4 Å². The third-order valence-corrected chi connectivity index (χ3v) is 3.87. The Morgan fingerprint density at radius 2 is 2.07 bits per heavy atom. The zero-order chi connectivity index (χ0) is 10.4. The number of likely N-dealkylation sites (tertiary alicyclic amines) is 1. The molecule has 14 heavy (non-hydrogen) atoms. The summed E-state index contributed by atoms with van der Waals surface area (Å²) >= 11 is 0. The van der Waals surface area contributed by atoms with Crippen molar-refractivity contribution in [3.05, 3.63) is 0 Å². The molecule has 0 unspecified atom stereocenters. The number of carbonyl (C=O) groups excluding carboxylic acids is 1. The second-order valence-corrected chi connectivity index (χ2v) is 5.20. The minimum absolute atomic E-state index is 0.0762. The van der Waals surface area contributed by atoms with E-state index >= 15 is 0 Å². The first-order valence-electron chi connectivity index (χ1n) is 5.29. The average molecular weight is 197 g/mol. The smallest absolute Gasteiger partial charge is 0.219 e. The maximum atomic E-state index is 11.2. The molecule has 0 atom stereocenters. The van der Waals surface area contributed by atoms with Crippen LogP contribution in [0, 0.1) is 5.41 Å². The van der Waals surface area contributed by atoms with Crippen LogP contribution in [0.15, 0.2) is 0 Å². The predicted octanol–water partition coefficient (Wildman–Crippen LogP) is 1.42. The maximum Gasteiger partial charge on any atom is 0.219 e. The van der Waals surface area contributed by atoms with Gasteiger partial charge in [0.25, 0.3) is 0 Å². The molecule has 1 amide bonds. The van der Waals surface area contributed by atoms with E-state index in [9.17, 15) is 4.79 Å². The Balaban J connectivity index is 1.95. The van der Waals surface area contributed by atoms with E-state index in [1.165, 1.54) is 0 Å². The lowest BCUT2D eigenvalue weighted by Crippen LogP contribution is -2.52. The third kappa shape index (κ3) is 1.44. The van der Waals surface area contributed by atoms with E-state index in [0.717, 1.165) is 32.4 Å². The van der Waals surface area contributed by atoms with Gasteiger partial charge in [0.15, 0.2) is 0 Å². The van der Waals surface area contributed by atoms with Crippen LogP contribution in [-0.2, 0) is 9.53 Å². The molecule has 0 aromatic carbocycles. The van der Waals surface area contributed by atoms with Gasteiger partial charge in [0.1, 0.15) is 0 Å². The first-order chi connectivity index (χ1) is 6.49. The summed E-state index contributed by atoms with van der Waals surface area (Å²) in [6.07, 6.45) is 3.38. The molecule has 1 spiro atoms. The van der Waals surface area contributed by atoms with Crippen LogP contribution in [0.4, 0.5) is 0 Å². The van der Waals surface area contributed by atoms with Gasteiger partial charge in [-0.05, 0) is 31.6 Å². The molecule has 1 aliphatic heterocycles. The summed E-state index contributed by atoms with van der Waals surface area (Å²) in [5.41, 5.74) is 0.462. The molecule has 80 valence electrons. The molecule has 1 heterocycles. The molecule has 2 rings (SSSR count). The normalized spacial score (nSPS) is 41.5. The third-order valence-electron chi connectivity index (χ3n) is 3.87. The molecule has 0 radical (unpaired) electrons. The summed E-state index contributed by atoms with van der Waals surface area (Å²) in [7, 11) is 1.78.